The molecule has 0 saturated carbocycles. The molecule has 0 atom stereocenters. The van der Waals surface area contributed by atoms with Crippen molar-refractivity contribution in [1.82, 2.24) is 15.3 Å². The van der Waals surface area contributed by atoms with Gasteiger partial charge in [-0.1, -0.05) is 0 Å². The van der Waals surface area contributed by atoms with E-state index < -0.39 is 11.8 Å². The Bertz CT molecular complexity index is 477. The number of hydrogen-bond donors (Lipinski definition) is 1. The molecule has 1 aliphatic rings. The summed E-state index contributed by atoms with van der Waals surface area (Å²) in [7, 11) is 0. The maximum atomic E-state index is 11.2. The minimum absolute atomic E-state index is 0.000880. The van der Waals surface area contributed by atoms with Gasteiger partial charge >= 0.3 is 0 Å². The van der Waals surface area contributed by atoms with Crippen LogP contribution in [0.1, 0.15) is 5.69 Å². The largest absolute Gasteiger partial charge is 0.336 e. The average Bonchev–Trinajstić information content (AvgIpc) is 2.27. The number of piperazine rings is 1. The van der Waals surface area contributed by atoms with Gasteiger partial charge in [0.1, 0.15) is 6.07 Å². The Kier molecular flexibility index (Phi) is 2.47. The third kappa shape index (κ3) is 1.81. The third-order valence-electron chi connectivity index (χ3n) is 2.03. The number of amides is 2. The molecule has 2 heterocycles. The van der Waals surface area contributed by atoms with E-state index in [0.717, 1.165) is 0 Å². The number of nitrogens with zero attached hydrogens (tertiary/aromatic N) is 4. The van der Waals surface area contributed by atoms with E-state index in [9.17, 15) is 9.59 Å². The second-order valence-corrected chi connectivity index (χ2v) is 3.17. The van der Waals surface area contributed by atoms with Crippen LogP contribution in [-0.4, -0.2) is 34.9 Å². The Morgan fingerprint density at radius 2 is 1.88 bits per heavy atom. The number of nitrogens with one attached hydrogen (secondary N) is 1. The van der Waals surface area contributed by atoms with Crippen molar-refractivity contribution < 1.29 is 9.59 Å². The van der Waals surface area contributed by atoms with Crippen molar-refractivity contribution in [3.63, 3.8) is 0 Å². The van der Waals surface area contributed by atoms with Crippen molar-refractivity contribution in [2.24, 2.45) is 0 Å². The smallest absolute Gasteiger partial charge is 0.246 e. The van der Waals surface area contributed by atoms with Gasteiger partial charge in [0, 0.05) is 12.4 Å². The van der Waals surface area contributed by atoms with E-state index in [4.69, 9.17) is 5.26 Å². The normalized spacial score (nSPS) is 15.6. The second kappa shape index (κ2) is 3.94. The van der Waals surface area contributed by atoms with Crippen LogP contribution in [0.25, 0.3) is 0 Å². The number of anilines is 1. The predicted molar refractivity (Wildman–Crippen MR) is 52.1 cm³/mol. The van der Waals surface area contributed by atoms with Gasteiger partial charge in [-0.05, 0) is 0 Å². The molecule has 1 aliphatic heterocycles. The maximum absolute atomic E-state index is 11.2. The van der Waals surface area contributed by atoms with E-state index in [1.54, 1.807) is 0 Å². The van der Waals surface area contributed by atoms with E-state index >= 15 is 0 Å². The lowest BCUT2D eigenvalue weighted by Crippen LogP contribution is -2.52. The lowest BCUT2D eigenvalue weighted by molar-refractivity contribution is -0.130. The topological polar surface area (TPSA) is 99.0 Å². The Balaban J connectivity index is 2.33. The van der Waals surface area contributed by atoms with Crippen molar-refractivity contribution in [2.75, 3.05) is 18.0 Å². The Labute approximate surface area is 90.7 Å². The summed E-state index contributed by atoms with van der Waals surface area (Å²) in [6.07, 6.45) is 2.79. The van der Waals surface area contributed by atoms with E-state index in [1.165, 1.54) is 17.3 Å². The van der Waals surface area contributed by atoms with Crippen molar-refractivity contribution >= 4 is 17.6 Å². The molecular weight excluding hydrogens is 210 g/mol. The minimum Gasteiger partial charge on any atom is -0.336 e. The number of carbonyl (C=O) groups excluding carboxylic acids is 2. The van der Waals surface area contributed by atoms with Crippen LogP contribution >= 0.6 is 0 Å². The van der Waals surface area contributed by atoms with Gasteiger partial charge in [-0.15, -0.1) is 0 Å². The van der Waals surface area contributed by atoms with Crippen LogP contribution in [0.4, 0.5) is 5.82 Å². The second-order valence-electron chi connectivity index (χ2n) is 3.17. The summed E-state index contributed by atoms with van der Waals surface area (Å²) in [4.78, 5) is 31.5. The molecule has 2 amide bonds. The summed E-state index contributed by atoms with van der Waals surface area (Å²) in [5, 5.41) is 11.0. The van der Waals surface area contributed by atoms with Gasteiger partial charge in [0.2, 0.25) is 11.8 Å². The van der Waals surface area contributed by atoms with Crippen LogP contribution < -0.4 is 10.2 Å². The highest BCUT2D eigenvalue weighted by Crippen LogP contribution is 2.14. The van der Waals surface area contributed by atoms with Crippen LogP contribution in [0.2, 0.25) is 0 Å². The molecule has 16 heavy (non-hydrogen) atoms. The van der Waals surface area contributed by atoms with Crippen molar-refractivity contribution in [3.05, 3.63) is 18.1 Å². The van der Waals surface area contributed by atoms with Crippen LogP contribution in [0.3, 0.4) is 0 Å². The molecular formula is C9H7N5O2. The minimum atomic E-state index is -0.411. The van der Waals surface area contributed by atoms with Crippen LogP contribution in [0.15, 0.2) is 12.4 Å². The highest BCUT2D eigenvalue weighted by molar-refractivity contribution is 6.02. The van der Waals surface area contributed by atoms with Gasteiger partial charge in [-0.25, -0.2) is 9.97 Å². The molecule has 0 radical (unpaired) electrons. The van der Waals surface area contributed by atoms with Crippen molar-refractivity contribution in [2.45, 2.75) is 0 Å². The molecule has 1 saturated heterocycles. The molecule has 80 valence electrons. The SMILES string of the molecule is N#Cc1nccnc1N1CC(=O)NC(=O)C1. The fourth-order valence-electron chi connectivity index (χ4n) is 1.43. The quantitative estimate of drug-likeness (QED) is 0.594. The third-order valence-corrected chi connectivity index (χ3v) is 2.03. The van der Waals surface area contributed by atoms with Gasteiger partial charge in [-0.2, -0.15) is 5.26 Å². The highest BCUT2D eigenvalue weighted by atomic mass is 16.2. The molecule has 0 bridgehead atoms. The molecule has 7 nitrogen and oxygen atoms in total. The van der Waals surface area contributed by atoms with Gasteiger partial charge in [0.05, 0.1) is 13.1 Å². The number of nitriles is 1. The van der Waals surface area contributed by atoms with E-state index in [1.807, 2.05) is 6.07 Å². The van der Waals surface area contributed by atoms with Crippen LogP contribution in [0, 0.1) is 11.3 Å². The van der Waals surface area contributed by atoms with Crippen LogP contribution in [-0.2, 0) is 9.59 Å². The van der Waals surface area contributed by atoms with Crippen molar-refractivity contribution in [1.29, 1.82) is 5.26 Å². The number of carbonyl (C=O) groups is 2. The first-order valence-corrected chi connectivity index (χ1v) is 4.49. The zero-order valence-corrected chi connectivity index (χ0v) is 8.17. The Morgan fingerprint density at radius 3 is 2.50 bits per heavy atom. The lowest BCUT2D eigenvalue weighted by Gasteiger charge is -2.26. The summed E-state index contributed by atoms with van der Waals surface area (Å²) < 4.78 is 0. The molecule has 0 aromatic carbocycles. The van der Waals surface area contributed by atoms with E-state index in [0.29, 0.717) is 0 Å². The molecule has 2 rings (SSSR count). The van der Waals surface area contributed by atoms with Gasteiger partial charge < -0.3 is 4.90 Å². The molecule has 7 heteroatoms. The fourth-order valence-corrected chi connectivity index (χ4v) is 1.43. The van der Waals surface area contributed by atoms with Gasteiger partial charge in [0.15, 0.2) is 11.5 Å². The number of rotatable bonds is 1. The first-order chi connectivity index (χ1) is 7.70. The van der Waals surface area contributed by atoms with Gasteiger partial charge in [0.25, 0.3) is 0 Å². The number of imide groups is 1. The summed E-state index contributed by atoms with van der Waals surface area (Å²) >= 11 is 0. The average molecular weight is 217 g/mol. The standard InChI is InChI=1S/C9H7N5O2/c10-3-6-9(12-2-1-11-6)14-4-7(15)13-8(16)5-14/h1-2H,4-5H2,(H,13,15,16). The molecule has 1 N–H and O–H groups in total. The number of hydrogen-bond acceptors (Lipinski definition) is 6. The lowest BCUT2D eigenvalue weighted by atomic mass is 10.3. The van der Waals surface area contributed by atoms with Crippen molar-refractivity contribution in [3.8, 4) is 6.07 Å². The molecule has 1 aromatic rings. The molecule has 0 unspecified atom stereocenters. The molecule has 0 aliphatic carbocycles. The number of aromatic nitrogens is 2. The first-order valence-electron chi connectivity index (χ1n) is 4.49. The first kappa shape index (κ1) is 10.0. The fraction of sp³-hybridized carbons (Fsp3) is 0.222. The predicted octanol–water partition coefficient (Wildman–Crippen LogP) is -1.19. The Hall–Kier alpha value is -2.49. The Morgan fingerprint density at radius 1 is 1.25 bits per heavy atom. The molecule has 1 fully saturated rings. The zero-order valence-electron chi connectivity index (χ0n) is 8.17. The highest BCUT2D eigenvalue weighted by Gasteiger charge is 2.25. The zero-order chi connectivity index (χ0) is 11.5. The summed E-state index contributed by atoms with van der Waals surface area (Å²) in [5.74, 6) is -0.565. The summed E-state index contributed by atoms with van der Waals surface area (Å²) in [6.45, 7) is -0.00176. The summed E-state index contributed by atoms with van der Waals surface area (Å²) in [6, 6.07) is 1.86. The van der Waals surface area contributed by atoms with Gasteiger partial charge in [-0.3, -0.25) is 14.9 Å². The molecule has 1 aromatic heterocycles. The van der Waals surface area contributed by atoms with E-state index in [-0.39, 0.29) is 24.6 Å². The monoisotopic (exact) mass is 217 g/mol. The summed E-state index contributed by atoms with van der Waals surface area (Å²) in [5.41, 5.74) is 0.102. The molecule has 0 spiro atoms. The maximum Gasteiger partial charge on any atom is 0.246 e. The van der Waals surface area contributed by atoms with Crippen LogP contribution in [0.5, 0.6) is 0 Å². The van der Waals surface area contributed by atoms with E-state index in [2.05, 4.69) is 15.3 Å².